The molecule has 0 heterocycles. The number of nitriles is 1. The largest absolute Gasteiger partial charge is 0.324 e. The standard InChI is InChI=1S/C11H12BrN3O/c1-7(14-2)11(16)15-10-4-3-8(6-13)5-9(10)12/h3-5,7,14H,1-2H3,(H,15,16). The Morgan fingerprint density at radius 1 is 1.56 bits per heavy atom. The highest BCUT2D eigenvalue weighted by atomic mass is 79.9. The summed E-state index contributed by atoms with van der Waals surface area (Å²) in [6.07, 6.45) is 0. The van der Waals surface area contributed by atoms with Gasteiger partial charge in [0.25, 0.3) is 0 Å². The number of likely N-dealkylation sites (N-methyl/N-ethyl adjacent to an activating group) is 1. The van der Waals surface area contributed by atoms with Crippen LogP contribution < -0.4 is 10.6 Å². The lowest BCUT2D eigenvalue weighted by atomic mass is 10.2. The molecule has 5 heteroatoms. The lowest BCUT2D eigenvalue weighted by Crippen LogP contribution is -2.35. The van der Waals surface area contributed by atoms with Crippen molar-refractivity contribution in [1.82, 2.24) is 5.32 Å². The fourth-order valence-electron chi connectivity index (χ4n) is 1.06. The number of nitrogens with zero attached hydrogens (tertiary/aromatic N) is 1. The fraction of sp³-hybridized carbons (Fsp3) is 0.273. The van der Waals surface area contributed by atoms with Crippen molar-refractivity contribution in [2.24, 2.45) is 0 Å². The third kappa shape index (κ3) is 3.05. The van der Waals surface area contributed by atoms with Gasteiger partial charge >= 0.3 is 0 Å². The molecule has 84 valence electrons. The maximum atomic E-state index is 11.6. The second-order valence-corrected chi connectivity index (χ2v) is 4.16. The van der Waals surface area contributed by atoms with Crippen molar-refractivity contribution in [1.29, 1.82) is 5.26 Å². The van der Waals surface area contributed by atoms with E-state index in [1.165, 1.54) is 0 Å². The highest BCUT2D eigenvalue weighted by Crippen LogP contribution is 2.23. The Bertz CT molecular complexity index is 439. The van der Waals surface area contributed by atoms with E-state index < -0.39 is 0 Å². The molecule has 1 unspecified atom stereocenters. The summed E-state index contributed by atoms with van der Waals surface area (Å²) in [4.78, 5) is 11.6. The number of amides is 1. The van der Waals surface area contributed by atoms with E-state index in [1.54, 1.807) is 32.2 Å². The van der Waals surface area contributed by atoms with Crippen molar-refractivity contribution in [3.63, 3.8) is 0 Å². The molecule has 1 atom stereocenters. The minimum atomic E-state index is -0.262. The lowest BCUT2D eigenvalue weighted by Gasteiger charge is -2.12. The van der Waals surface area contributed by atoms with Gasteiger partial charge in [-0.15, -0.1) is 0 Å². The molecular weight excluding hydrogens is 270 g/mol. The number of carbonyl (C=O) groups excluding carboxylic acids is 1. The summed E-state index contributed by atoms with van der Waals surface area (Å²) in [5.41, 5.74) is 1.21. The number of nitrogens with one attached hydrogen (secondary N) is 2. The van der Waals surface area contributed by atoms with Gasteiger partial charge in [0.15, 0.2) is 0 Å². The third-order valence-corrected chi connectivity index (χ3v) is 2.84. The van der Waals surface area contributed by atoms with Crippen molar-refractivity contribution in [2.75, 3.05) is 12.4 Å². The molecule has 0 bridgehead atoms. The second kappa shape index (κ2) is 5.64. The first kappa shape index (κ1) is 12.7. The summed E-state index contributed by atoms with van der Waals surface area (Å²) in [5, 5.41) is 14.3. The normalized spacial score (nSPS) is 11.6. The van der Waals surface area contributed by atoms with Gasteiger partial charge < -0.3 is 10.6 Å². The Morgan fingerprint density at radius 2 is 2.25 bits per heavy atom. The van der Waals surface area contributed by atoms with E-state index >= 15 is 0 Å². The molecule has 4 nitrogen and oxygen atoms in total. The quantitative estimate of drug-likeness (QED) is 0.889. The predicted molar refractivity (Wildman–Crippen MR) is 66.0 cm³/mol. The molecule has 16 heavy (non-hydrogen) atoms. The van der Waals surface area contributed by atoms with Gasteiger partial charge in [-0.1, -0.05) is 0 Å². The molecule has 0 radical (unpaired) electrons. The third-order valence-electron chi connectivity index (χ3n) is 2.18. The Balaban J connectivity index is 2.83. The Kier molecular flexibility index (Phi) is 4.47. The number of hydrogen-bond acceptors (Lipinski definition) is 3. The van der Waals surface area contributed by atoms with Gasteiger partial charge in [0.05, 0.1) is 23.4 Å². The van der Waals surface area contributed by atoms with E-state index in [4.69, 9.17) is 5.26 Å². The average molecular weight is 282 g/mol. The molecule has 0 fully saturated rings. The van der Waals surface area contributed by atoms with E-state index in [0.29, 0.717) is 15.7 Å². The van der Waals surface area contributed by atoms with E-state index in [-0.39, 0.29) is 11.9 Å². The SMILES string of the molecule is CNC(C)C(=O)Nc1ccc(C#N)cc1Br. The van der Waals surface area contributed by atoms with Gasteiger partial charge in [-0.3, -0.25) is 4.79 Å². The van der Waals surface area contributed by atoms with Crippen LogP contribution in [0, 0.1) is 11.3 Å². The molecule has 0 saturated heterocycles. The maximum Gasteiger partial charge on any atom is 0.241 e. The molecule has 1 aromatic rings. The Morgan fingerprint density at radius 3 is 2.75 bits per heavy atom. The van der Waals surface area contributed by atoms with Crippen LogP contribution >= 0.6 is 15.9 Å². The molecule has 1 rings (SSSR count). The minimum Gasteiger partial charge on any atom is -0.324 e. The molecule has 1 aromatic carbocycles. The number of benzene rings is 1. The minimum absolute atomic E-state index is 0.118. The fourth-order valence-corrected chi connectivity index (χ4v) is 1.54. The highest BCUT2D eigenvalue weighted by Gasteiger charge is 2.11. The van der Waals surface area contributed by atoms with Crippen LogP contribution in [0.2, 0.25) is 0 Å². The summed E-state index contributed by atoms with van der Waals surface area (Å²) in [6, 6.07) is 6.79. The molecule has 1 amide bonds. The second-order valence-electron chi connectivity index (χ2n) is 3.31. The maximum absolute atomic E-state index is 11.6. The first-order chi connectivity index (χ1) is 7.58. The van der Waals surface area contributed by atoms with Gasteiger partial charge in [-0.05, 0) is 48.1 Å². The van der Waals surface area contributed by atoms with Crippen LogP contribution in [0.4, 0.5) is 5.69 Å². The smallest absolute Gasteiger partial charge is 0.241 e. The van der Waals surface area contributed by atoms with Crippen LogP contribution in [0.15, 0.2) is 22.7 Å². The summed E-state index contributed by atoms with van der Waals surface area (Å²) in [5.74, 6) is -0.118. The van der Waals surface area contributed by atoms with Crippen molar-refractivity contribution < 1.29 is 4.79 Å². The zero-order valence-corrected chi connectivity index (χ0v) is 10.6. The summed E-state index contributed by atoms with van der Waals surface area (Å²) < 4.78 is 0.697. The lowest BCUT2D eigenvalue weighted by molar-refractivity contribution is -0.117. The molecular formula is C11H12BrN3O. The zero-order valence-electron chi connectivity index (χ0n) is 9.04. The molecule has 0 spiro atoms. The first-order valence-corrected chi connectivity index (χ1v) is 5.55. The van der Waals surface area contributed by atoms with Crippen LogP contribution in [-0.4, -0.2) is 19.0 Å². The number of hydrogen-bond donors (Lipinski definition) is 2. The van der Waals surface area contributed by atoms with Crippen molar-refractivity contribution in [2.45, 2.75) is 13.0 Å². The Hall–Kier alpha value is -1.38. The monoisotopic (exact) mass is 281 g/mol. The van der Waals surface area contributed by atoms with Crippen LogP contribution in [-0.2, 0) is 4.79 Å². The van der Waals surface area contributed by atoms with E-state index in [1.807, 2.05) is 6.07 Å². The summed E-state index contributed by atoms with van der Waals surface area (Å²) in [6.45, 7) is 1.77. The van der Waals surface area contributed by atoms with Crippen molar-refractivity contribution in [3.05, 3.63) is 28.2 Å². The number of carbonyl (C=O) groups is 1. The zero-order chi connectivity index (χ0) is 12.1. The van der Waals surface area contributed by atoms with Gasteiger partial charge in [-0.25, -0.2) is 0 Å². The van der Waals surface area contributed by atoms with Gasteiger partial charge in [0, 0.05) is 4.47 Å². The molecule has 2 N–H and O–H groups in total. The number of rotatable bonds is 3. The van der Waals surface area contributed by atoms with Crippen molar-refractivity contribution >= 4 is 27.5 Å². The van der Waals surface area contributed by atoms with E-state index in [2.05, 4.69) is 26.6 Å². The van der Waals surface area contributed by atoms with Gasteiger partial charge in [0.1, 0.15) is 0 Å². The molecule has 0 aliphatic heterocycles. The molecule has 0 aliphatic carbocycles. The van der Waals surface area contributed by atoms with Crippen LogP contribution in [0.1, 0.15) is 12.5 Å². The van der Waals surface area contributed by atoms with E-state index in [9.17, 15) is 4.79 Å². The Labute approximate surface area is 103 Å². The van der Waals surface area contributed by atoms with Crippen molar-refractivity contribution in [3.8, 4) is 6.07 Å². The summed E-state index contributed by atoms with van der Waals surface area (Å²) in [7, 11) is 1.72. The van der Waals surface area contributed by atoms with Crippen LogP contribution in [0.25, 0.3) is 0 Å². The van der Waals surface area contributed by atoms with Crippen LogP contribution in [0.5, 0.6) is 0 Å². The predicted octanol–water partition coefficient (Wildman–Crippen LogP) is 1.87. The highest BCUT2D eigenvalue weighted by molar-refractivity contribution is 9.10. The molecule has 0 aliphatic rings. The molecule has 0 aromatic heterocycles. The molecule has 0 saturated carbocycles. The van der Waals surface area contributed by atoms with Crippen LogP contribution in [0.3, 0.4) is 0 Å². The number of halogens is 1. The summed E-state index contributed by atoms with van der Waals surface area (Å²) >= 11 is 3.30. The first-order valence-electron chi connectivity index (χ1n) is 4.76. The van der Waals surface area contributed by atoms with E-state index in [0.717, 1.165) is 0 Å². The average Bonchev–Trinajstić information content (AvgIpc) is 2.30. The van der Waals surface area contributed by atoms with Gasteiger partial charge in [0.2, 0.25) is 5.91 Å². The topological polar surface area (TPSA) is 64.9 Å². The van der Waals surface area contributed by atoms with Gasteiger partial charge in [-0.2, -0.15) is 5.26 Å². The number of anilines is 1.